The minimum atomic E-state index is -3.68. The molecule has 3 aromatic carbocycles. The van der Waals surface area contributed by atoms with Crippen molar-refractivity contribution in [3.8, 4) is 5.75 Å². The van der Waals surface area contributed by atoms with Gasteiger partial charge in [0, 0.05) is 12.2 Å². The quantitative estimate of drug-likeness (QED) is 0.288. The summed E-state index contributed by atoms with van der Waals surface area (Å²) in [5.41, 5.74) is 1.77. The molecule has 0 aliphatic heterocycles. The predicted octanol–water partition coefficient (Wildman–Crippen LogP) is 4.14. The topological polar surface area (TPSA) is 111 Å². The SMILES string of the molecule is CCCCOC(=O)c1ccc(NC(=O)COc2ccc(S(=O)(=O)NCc3ccccc3)cc2)cc1. The average molecular weight is 497 g/mol. The second-order valence-corrected chi connectivity index (χ2v) is 9.45. The van der Waals surface area contributed by atoms with Crippen LogP contribution < -0.4 is 14.8 Å². The molecule has 0 aromatic heterocycles. The van der Waals surface area contributed by atoms with E-state index in [9.17, 15) is 18.0 Å². The molecule has 9 heteroatoms. The van der Waals surface area contributed by atoms with Gasteiger partial charge in [-0.25, -0.2) is 17.9 Å². The number of rotatable bonds is 12. The minimum Gasteiger partial charge on any atom is -0.484 e. The fourth-order valence-corrected chi connectivity index (χ4v) is 4.02. The molecule has 0 saturated carbocycles. The molecular formula is C26H28N2O6S. The highest BCUT2D eigenvalue weighted by Crippen LogP contribution is 2.17. The number of hydrogen-bond acceptors (Lipinski definition) is 6. The van der Waals surface area contributed by atoms with Crippen LogP contribution in [0.3, 0.4) is 0 Å². The molecule has 0 bridgehead atoms. The van der Waals surface area contributed by atoms with Crippen LogP contribution >= 0.6 is 0 Å². The van der Waals surface area contributed by atoms with Gasteiger partial charge in [-0.3, -0.25) is 4.79 Å². The Labute approximate surface area is 205 Å². The Kier molecular flexibility index (Phi) is 9.39. The van der Waals surface area contributed by atoms with E-state index in [1.807, 2.05) is 37.3 Å². The van der Waals surface area contributed by atoms with Gasteiger partial charge >= 0.3 is 5.97 Å². The van der Waals surface area contributed by atoms with Gasteiger partial charge in [0.15, 0.2) is 6.61 Å². The van der Waals surface area contributed by atoms with Crippen LogP contribution in [-0.4, -0.2) is 33.5 Å². The molecule has 3 rings (SSSR count). The lowest BCUT2D eigenvalue weighted by molar-refractivity contribution is -0.118. The van der Waals surface area contributed by atoms with E-state index in [0.717, 1.165) is 18.4 Å². The molecule has 0 spiro atoms. The van der Waals surface area contributed by atoms with Gasteiger partial charge in [0.25, 0.3) is 5.91 Å². The summed E-state index contributed by atoms with van der Waals surface area (Å²) in [5, 5.41) is 2.68. The molecule has 0 unspecified atom stereocenters. The van der Waals surface area contributed by atoms with Gasteiger partial charge in [0.05, 0.1) is 17.1 Å². The maximum atomic E-state index is 12.5. The van der Waals surface area contributed by atoms with Crippen molar-refractivity contribution in [2.45, 2.75) is 31.2 Å². The number of carbonyl (C=O) groups is 2. The number of hydrogen-bond donors (Lipinski definition) is 2. The molecular weight excluding hydrogens is 468 g/mol. The number of unbranched alkanes of at least 4 members (excludes halogenated alkanes) is 1. The number of anilines is 1. The Bertz CT molecular complexity index is 1210. The number of amides is 1. The zero-order chi connectivity index (χ0) is 25.1. The first-order valence-electron chi connectivity index (χ1n) is 11.2. The van der Waals surface area contributed by atoms with E-state index in [0.29, 0.717) is 23.6 Å². The highest BCUT2D eigenvalue weighted by Gasteiger charge is 2.14. The molecule has 3 aromatic rings. The first-order chi connectivity index (χ1) is 16.9. The second kappa shape index (κ2) is 12.7. The Hall–Kier alpha value is -3.69. The number of ether oxygens (including phenoxy) is 2. The molecule has 0 aliphatic rings. The van der Waals surface area contributed by atoms with E-state index < -0.39 is 21.9 Å². The van der Waals surface area contributed by atoms with Crippen molar-refractivity contribution in [2.24, 2.45) is 0 Å². The fourth-order valence-electron chi connectivity index (χ4n) is 3.00. The summed E-state index contributed by atoms with van der Waals surface area (Å²) in [7, 11) is -3.68. The highest BCUT2D eigenvalue weighted by molar-refractivity contribution is 7.89. The van der Waals surface area contributed by atoms with E-state index >= 15 is 0 Å². The molecule has 0 aliphatic carbocycles. The number of sulfonamides is 1. The summed E-state index contributed by atoms with van der Waals surface area (Å²) in [6, 6.07) is 21.4. The van der Waals surface area contributed by atoms with E-state index in [-0.39, 0.29) is 18.0 Å². The van der Waals surface area contributed by atoms with Gasteiger partial charge in [-0.2, -0.15) is 0 Å². The summed E-state index contributed by atoms with van der Waals surface area (Å²) in [6.07, 6.45) is 1.75. The van der Waals surface area contributed by atoms with Gasteiger partial charge in [-0.05, 0) is 60.5 Å². The first kappa shape index (κ1) is 25.9. The van der Waals surface area contributed by atoms with Crippen LogP contribution in [0.2, 0.25) is 0 Å². The number of esters is 1. The average Bonchev–Trinajstić information content (AvgIpc) is 2.88. The van der Waals surface area contributed by atoms with Crippen molar-refractivity contribution in [2.75, 3.05) is 18.5 Å². The lowest BCUT2D eigenvalue weighted by Gasteiger charge is -2.10. The third-order valence-corrected chi connectivity index (χ3v) is 6.37. The first-order valence-corrected chi connectivity index (χ1v) is 12.7. The van der Waals surface area contributed by atoms with Crippen LogP contribution in [0.1, 0.15) is 35.7 Å². The molecule has 184 valence electrons. The molecule has 35 heavy (non-hydrogen) atoms. The highest BCUT2D eigenvalue weighted by atomic mass is 32.2. The monoisotopic (exact) mass is 496 g/mol. The van der Waals surface area contributed by atoms with Crippen molar-refractivity contribution in [1.82, 2.24) is 4.72 Å². The van der Waals surface area contributed by atoms with Crippen LogP contribution in [0.4, 0.5) is 5.69 Å². The zero-order valence-corrected chi connectivity index (χ0v) is 20.2. The summed E-state index contributed by atoms with van der Waals surface area (Å²) in [4.78, 5) is 24.2. The lowest BCUT2D eigenvalue weighted by Crippen LogP contribution is -2.23. The Morgan fingerprint density at radius 2 is 1.57 bits per heavy atom. The maximum Gasteiger partial charge on any atom is 0.338 e. The third kappa shape index (κ3) is 8.24. The van der Waals surface area contributed by atoms with Crippen LogP contribution in [0.15, 0.2) is 83.8 Å². The molecule has 1 amide bonds. The van der Waals surface area contributed by atoms with Crippen molar-refractivity contribution in [1.29, 1.82) is 0 Å². The largest absolute Gasteiger partial charge is 0.484 e. The minimum absolute atomic E-state index is 0.0959. The van der Waals surface area contributed by atoms with Gasteiger partial charge in [-0.15, -0.1) is 0 Å². The van der Waals surface area contributed by atoms with E-state index in [2.05, 4.69) is 10.0 Å². The van der Waals surface area contributed by atoms with Gasteiger partial charge in [-0.1, -0.05) is 43.7 Å². The second-order valence-electron chi connectivity index (χ2n) is 7.69. The summed E-state index contributed by atoms with van der Waals surface area (Å²) in [5.74, 6) is -0.447. The zero-order valence-electron chi connectivity index (χ0n) is 19.4. The molecule has 0 radical (unpaired) electrons. The van der Waals surface area contributed by atoms with Crippen LogP contribution in [0.5, 0.6) is 5.75 Å². The number of carbonyl (C=O) groups excluding carboxylic acids is 2. The van der Waals surface area contributed by atoms with Gasteiger partial charge in [0.2, 0.25) is 10.0 Å². The number of benzene rings is 3. The molecule has 0 fully saturated rings. The Morgan fingerprint density at radius 1 is 0.886 bits per heavy atom. The summed E-state index contributed by atoms with van der Waals surface area (Å²) < 4.78 is 38.1. The Morgan fingerprint density at radius 3 is 2.23 bits per heavy atom. The predicted molar refractivity (Wildman–Crippen MR) is 133 cm³/mol. The number of nitrogens with one attached hydrogen (secondary N) is 2. The van der Waals surface area contributed by atoms with Crippen LogP contribution in [0.25, 0.3) is 0 Å². The molecule has 8 nitrogen and oxygen atoms in total. The summed E-state index contributed by atoms with van der Waals surface area (Å²) in [6.45, 7) is 2.31. The van der Waals surface area contributed by atoms with Gasteiger partial charge in [0.1, 0.15) is 5.75 Å². The lowest BCUT2D eigenvalue weighted by atomic mass is 10.2. The molecule has 2 N–H and O–H groups in total. The van der Waals surface area contributed by atoms with Crippen molar-refractivity contribution in [3.63, 3.8) is 0 Å². The van der Waals surface area contributed by atoms with Crippen molar-refractivity contribution < 1.29 is 27.5 Å². The third-order valence-electron chi connectivity index (χ3n) is 4.95. The summed E-state index contributed by atoms with van der Waals surface area (Å²) >= 11 is 0. The Balaban J connectivity index is 1.46. The fraction of sp³-hybridized carbons (Fsp3) is 0.231. The van der Waals surface area contributed by atoms with E-state index in [1.54, 1.807) is 24.3 Å². The normalized spacial score (nSPS) is 11.0. The smallest absolute Gasteiger partial charge is 0.338 e. The van der Waals surface area contributed by atoms with E-state index in [1.165, 1.54) is 24.3 Å². The van der Waals surface area contributed by atoms with Crippen LogP contribution in [-0.2, 0) is 26.1 Å². The van der Waals surface area contributed by atoms with Crippen LogP contribution in [0, 0.1) is 0 Å². The van der Waals surface area contributed by atoms with Gasteiger partial charge < -0.3 is 14.8 Å². The molecule has 0 heterocycles. The van der Waals surface area contributed by atoms with Crippen molar-refractivity contribution in [3.05, 3.63) is 90.0 Å². The molecule has 0 saturated heterocycles. The maximum absolute atomic E-state index is 12.5. The standard InChI is InChI=1S/C26H28N2O6S/c1-2-3-17-33-26(30)21-9-11-22(12-10-21)28-25(29)19-34-23-13-15-24(16-14-23)35(31,32)27-18-20-7-5-4-6-8-20/h4-16,27H,2-3,17-19H2,1H3,(H,28,29). The van der Waals surface area contributed by atoms with E-state index in [4.69, 9.17) is 9.47 Å². The van der Waals surface area contributed by atoms with Crippen molar-refractivity contribution >= 4 is 27.6 Å². The molecule has 0 atom stereocenters.